The zero-order chi connectivity index (χ0) is 16.1. The van der Waals surface area contributed by atoms with Crippen molar-refractivity contribution in [2.75, 3.05) is 26.6 Å². The zero-order valence-corrected chi connectivity index (χ0v) is 12.3. The summed E-state index contributed by atoms with van der Waals surface area (Å²) in [7, 11) is 4.93. The van der Waals surface area contributed by atoms with Crippen molar-refractivity contribution in [2.45, 2.75) is 0 Å². The van der Waals surface area contributed by atoms with Gasteiger partial charge in [-0.15, -0.1) is 0 Å². The van der Waals surface area contributed by atoms with Crippen molar-refractivity contribution in [1.82, 2.24) is 15.0 Å². The number of anilines is 1. The van der Waals surface area contributed by atoms with Crippen molar-refractivity contribution in [3.05, 3.63) is 40.7 Å². The van der Waals surface area contributed by atoms with Crippen molar-refractivity contribution in [3.63, 3.8) is 0 Å². The molecule has 0 aliphatic carbocycles. The van der Waals surface area contributed by atoms with Crippen LogP contribution in [-0.2, 0) is 0 Å². The largest absolute Gasteiger partial charge is 0.497 e. The van der Waals surface area contributed by atoms with Crippen LogP contribution in [0, 0.1) is 10.1 Å². The number of rotatable bonds is 6. The second kappa shape index (κ2) is 6.68. The predicted octanol–water partition coefficient (Wildman–Crippen LogP) is 2.07. The van der Waals surface area contributed by atoms with Crippen LogP contribution in [-0.4, -0.2) is 41.1 Å². The number of hydrazine groups is 1. The molecule has 1 N–H and O–H groups in total. The van der Waals surface area contributed by atoms with Crippen molar-refractivity contribution >= 4 is 11.5 Å². The smallest absolute Gasteiger partial charge is 0.374 e. The third-order valence-electron chi connectivity index (χ3n) is 2.57. The Kier molecular flexibility index (Phi) is 4.69. The number of hydrogen-bond acceptors (Lipinski definition) is 8. The third-order valence-corrected chi connectivity index (χ3v) is 2.57. The first-order valence-electron chi connectivity index (χ1n) is 6.26. The van der Waals surface area contributed by atoms with Crippen LogP contribution in [0.25, 0.3) is 0 Å². The molecule has 0 spiro atoms. The molecule has 0 atom stereocenters. The average molecular weight is 305 g/mol. The first-order valence-corrected chi connectivity index (χ1v) is 6.26. The maximum atomic E-state index is 11.3. The lowest BCUT2D eigenvalue weighted by atomic mass is 10.3. The molecule has 9 nitrogen and oxygen atoms in total. The molecular weight excluding hydrogens is 290 g/mol. The van der Waals surface area contributed by atoms with Crippen LogP contribution in [0.4, 0.5) is 11.5 Å². The Bertz CT molecular complexity index is 660. The highest BCUT2D eigenvalue weighted by Crippen LogP contribution is 2.34. The Balaban J connectivity index is 2.34. The maximum Gasteiger partial charge on any atom is 0.374 e. The lowest BCUT2D eigenvalue weighted by molar-refractivity contribution is -0.385. The molecule has 0 aliphatic rings. The summed E-state index contributed by atoms with van der Waals surface area (Å²) in [5, 5.41) is 12.8. The number of nitrogens with one attached hydrogen (secondary N) is 1. The number of nitro groups is 1. The van der Waals surface area contributed by atoms with Crippen LogP contribution in [0.3, 0.4) is 0 Å². The molecule has 0 unspecified atom stereocenters. The first-order chi connectivity index (χ1) is 10.5. The van der Waals surface area contributed by atoms with Crippen LogP contribution in [0.5, 0.6) is 17.4 Å². The SMILES string of the molecule is COc1ccc(Oc2ncnc(NN(C)C)c2[N+](=O)[O-])cc1. The molecule has 0 aliphatic heterocycles. The Morgan fingerprint density at radius 2 is 1.82 bits per heavy atom. The Morgan fingerprint density at radius 3 is 2.36 bits per heavy atom. The minimum atomic E-state index is -0.593. The fourth-order valence-electron chi connectivity index (χ4n) is 1.65. The molecular formula is C13H15N5O4. The summed E-state index contributed by atoms with van der Waals surface area (Å²) >= 11 is 0. The van der Waals surface area contributed by atoms with Crippen molar-refractivity contribution in [1.29, 1.82) is 0 Å². The molecule has 22 heavy (non-hydrogen) atoms. The summed E-state index contributed by atoms with van der Waals surface area (Å²) in [6, 6.07) is 6.62. The number of aromatic nitrogens is 2. The molecule has 0 saturated carbocycles. The van der Waals surface area contributed by atoms with E-state index in [2.05, 4.69) is 15.4 Å². The third kappa shape index (κ3) is 3.58. The van der Waals surface area contributed by atoms with Gasteiger partial charge in [0, 0.05) is 14.1 Å². The Morgan fingerprint density at radius 1 is 1.18 bits per heavy atom. The van der Waals surface area contributed by atoms with Gasteiger partial charge < -0.3 is 9.47 Å². The molecule has 9 heteroatoms. The summed E-state index contributed by atoms with van der Waals surface area (Å²) in [5.41, 5.74) is 2.40. The van der Waals surface area contributed by atoms with Gasteiger partial charge >= 0.3 is 11.6 Å². The maximum absolute atomic E-state index is 11.3. The molecule has 0 fully saturated rings. The summed E-state index contributed by atoms with van der Waals surface area (Å²) in [4.78, 5) is 18.4. The fraction of sp³-hybridized carbons (Fsp3) is 0.231. The number of hydrogen-bond donors (Lipinski definition) is 1. The van der Waals surface area contributed by atoms with Crippen molar-refractivity contribution in [3.8, 4) is 17.4 Å². The van der Waals surface area contributed by atoms with E-state index in [-0.39, 0.29) is 17.4 Å². The number of benzene rings is 1. The topological polar surface area (TPSA) is 103 Å². The van der Waals surface area contributed by atoms with Gasteiger partial charge in [-0.05, 0) is 24.3 Å². The van der Waals surface area contributed by atoms with E-state index >= 15 is 0 Å². The first kappa shape index (κ1) is 15.4. The van der Waals surface area contributed by atoms with E-state index in [9.17, 15) is 10.1 Å². The van der Waals surface area contributed by atoms with E-state index in [0.29, 0.717) is 11.5 Å². The highest BCUT2D eigenvalue weighted by Gasteiger charge is 2.25. The van der Waals surface area contributed by atoms with Crippen molar-refractivity contribution < 1.29 is 14.4 Å². The quantitative estimate of drug-likeness (QED) is 0.639. The lowest BCUT2D eigenvalue weighted by Gasteiger charge is -2.13. The fourth-order valence-corrected chi connectivity index (χ4v) is 1.65. The van der Waals surface area contributed by atoms with E-state index in [1.165, 1.54) is 11.3 Å². The van der Waals surface area contributed by atoms with E-state index in [0.717, 1.165) is 0 Å². The number of methoxy groups -OCH3 is 1. The van der Waals surface area contributed by atoms with Crippen LogP contribution >= 0.6 is 0 Å². The molecule has 0 saturated heterocycles. The molecule has 116 valence electrons. The zero-order valence-electron chi connectivity index (χ0n) is 12.3. The molecule has 0 radical (unpaired) electrons. The van der Waals surface area contributed by atoms with E-state index in [4.69, 9.17) is 9.47 Å². The predicted molar refractivity (Wildman–Crippen MR) is 79.1 cm³/mol. The summed E-state index contributed by atoms with van der Waals surface area (Å²) in [6.07, 6.45) is 1.19. The second-order valence-corrected chi connectivity index (χ2v) is 4.42. The molecule has 0 amide bonds. The van der Waals surface area contributed by atoms with Crippen molar-refractivity contribution in [2.24, 2.45) is 0 Å². The van der Waals surface area contributed by atoms with E-state index < -0.39 is 4.92 Å². The van der Waals surface area contributed by atoms with Crippen LogP contribution in [0.2, 0.25) is 0 Å². The van der Waals surface area contributed by atoms with Gasteiger partial charge in [0.1, 0.15) is 17.8 Å². The van der Waals surface area contributed by atoms with Gasteiger partial charge in [0.05, 0.1) is 12.0 Å². The minimum Gasteiger partial charge on any atom is -0.497 e. The Labute approximate surface area is 126 Å². The van der Waals surface area contributed by atoms with Gasteiger partial charge in [-0.1, -0.05) is 0 Å². The monoisotopic (exact) mass is 305 g/mol. The normalized spacial score (nSPS) is 10.4. The summed E-state index contributed by atoms with van der Waals surface area (Å²) in [5.74, 6) is 0.959. The van der Waals surface area contributed by atoms with E-state index in [1.807, 2.05) is 0 Å². The van der Waals surface area contributed by atoms with Gasteiger partial charge in [0.15, 0.2) is 0 Å². The molecule has 2 aromatic rings. The highest BCUT2D eigenvalue weighted by atomic mass is 16.6. The van der Waals surface area contributed by atoms with Crippen LogP contribution in [0.1, 0.15) is 0 Å². The Hall–Kier alpha value is -2.94. The average Bonchev–Trinajstić information content (AvgIpc) is 2.47. The molecule has 1 aromatic carbocycles. The second-order valence-electron chi connectivity index (χ2n) is 4.42. The van der Waals surface area contributed by atoms with E-state index in [1.54, 1.807) is 45.5 Å². The molecule has 1 aromatic heterocycles. The van der Waals surface area contributed by atoms with Crippen LogP contribution < -0.4 is 14.9 Å². The number of nitrogens with zero attached hydrogens (tertiary/aromatic N) is 4. The van der Waals surface area contributed by atoms with Gasteiger partial charge in [-0.2, -0.15) is 4.98 Å². The van der Waals surface area contributed by atoms with Gasteiger partial charge in [0.25, 0.3) is 0 Å². The molecule has 0 bridgehead atoms. The highest BCUT2D eigenvalue weighted by molar-refractivity contribution is 5.61. The van der Waals surface area contributed by atoms with Gasteiger partial charge in [0.2, 0.25) is 5.82 Å². The van der Waals surface area contributed by atoms with Gasteiger partial charge in [-0.25, -0.2) is 9.99 Å². The lowest BCUT2D eigenvalue weighted by Crippen LogP contribution is -2.21. The standard InChI is InChI=1S/C13H15N5O4/c1-17(2)16-12-11(18(19)20)13(15-8-14-12)22-10-6-4-9(21-3)5-7-10/h4-8H,1-3H3,(H,14,15,16). The van der Waals surface area contributed by atoms with Gasteiger partial charge in [-0.3, -0.25) is 15.5 Å². The number of ether oxygens (including phenoxy) is 2. The minimum absolute atomic E-state index is 0.0495. The molecule has 2 rings (SSSR count). The summed E-state index contributed by atoms with van der Waals surface area (Å²) < 4.78 is 10.5. The van der Waals surface area contributed by atoms with Crippen LogP contribution in [0.15, 0.2) is 30.6 Å². The molecule has 1 heterocycles. The summed E-state index contributed by atoms with van der Waals surface area (Å²) in [6.45, 7) is 0.